The summed E-state index contributed by atoms with van der Waals surface area (Å²) in [6.07, 6.45) is 0.922. The second-order valence-corrected chi connectivity index (χ2v) is 6.04. The number of fused-ring (bicyclic) bond motifs is 1. The van der Waals surface area contributed by atoms with Crippen LogP contribution in [-0.2, 0) is 0 Å². The van der Waals surface area contributed by atoms with Gasteiger partial charge in [0.25, 0.3) is 0 Å². The van der Waals surface area contributed by atoms with Gasteiger partial charge in [0.15, 0.2) is 5.13 Å². The minimum absolute atomic E-state index is 0.688. The normalized spacial score (nSPS) is 10.7. The molecule has 0 bridgehead atoms. The molecule has 0 atom stereocenters. The summed E-state index contributed by atoms with van der Waals surface area (Å²) in [6.45, 7) is 1.52. The lowest BCUT2D eigenvalue weighted by molar-refractivity contribution is 0.315. The van der Waals surface area contributed by atoms with E-state index in [1.165, 1.54) is 0 Å². The van der Waals surface area contributed by atoms with Crippen LogP contribution in [0.4, 0.5) is 5.13 Å². The van der Waals surface area contributed by atoms with E-state index in [1.54, 1.807) is 11.3 Å². The summed E-state index contributed by atoms with van der Waals surface area (Å²) in [5, 5.41) is 4.97. The predicted octanol–water partition coefficient (Wildman–Crippen LogP) is 4.83. The maximum atomic E-state index is 5.96. The molecule has 1 heterocycles. The molecule has 0 aliphatic heterocycles. The maximum Gasteiger partial charge on any atom is 0.183 e. The molecule has 108 valence electrons. The fourth-order valence-corrected chi connectivity index (χ4v) is 2.99. The largest absolute Gasteiger partial charge is 0.494 e. The number of hydrogen-bond donors (Lipinski definition) is 1. The lowest BCUT2D eigenvalue weighted by atomic mass is 10.3. The van der Waals surface area contributed by atoms with Gasteiger partial charge in [-0.3, -0.25) is 0 Å². The van der Waals surface area contributed by atoms with Crippen LogP contribution in [0.1, 0.15) is 6.42 Å². The molecule has 3 nitrogen and oxygen atoms in total. The van der Waals surface area contributed by atoms with Crippen molar-refractivity contribution in [3.63, 3.8) is 0 Å². The first-order valence-electron chi connectivity index (χ1n) is 6.79. The number of para-hydroxylation sites is 1. The van der Waals surface area contributed by atoms with E-state index in [2.05, 4.69) is 10.3 Å². The number of aromatic nitrogens is 1. The third-order valence-electron chi connectivity index (χ3n) is 2.96. The molecule has 21 heavy (non-hydrogen) atoms. The van der Waals surface area contributed by atoms with Gasteiger partial charge in [0, 0.05) is 11.6 Å². The number of nitrogens with zero attached hydrogens (tertiary/aromatic N) is 1. The zero-order chi connectivity index (χ0) is 14.5. The van der Waals surface area contributed by atoms with Crippen LogP contribution in [0.2, 0.25) is 5.02 Å². The molecule has 0 amide bonds. The number of anilines is 1. The molecule has 3 rings (SSSR count). The Bertz CT molecular complexity index is 715. The zero-order valence-corrected chi connectivity index (χ0v) is 13.0. The van der Waals surface area contributed by atoms with Gasteiger partial charge in [-0.25, -0.2) is 4.98 Å². The Balaban J connectivity index is 1.46. The standard InChI is InChI=1S/C16H15ClN2OS/c17-12-7-8-15-14(11-12)19-16(21-15)18-9-4-10-20-13-5-2-1-3-6-13/h1-3,5-8,11H,4,9-10H2,(H,18,19). The Labute approximate surface area is 132 Å². The third-order valence-corrected chi connectivity index (χ3v) is 4.19. The Morgan fingerprint density at radius 1 is 1.14 bits per heavy atom. The minimum atomic E-state index is 0.688. The molecule has 3 aromatic rings. The van der Waals surface area contributed by atoms with Crippen molar-refractivity contribution in [1.82, 2.24) is 4.98 Å². The van der Waals surface area contributed by atoms with E-state index >= 15 is 0 Å². The first-order valence-corrected chi connectivity index (χ1v) is 7.98. The van der Waals surface area contributed by atoms with Crippen LogP contribution in [0.3, 0.4) is 0 Å². The average Bonchev–Trinajstić information content (AvgIpc) is 2.90. The van der Waals surface area contributed by atoms with Gasteiger partial charge >= 0.3 is 0 Å². The number of thiazole rings is 1. The Kier molecular flexibility index (Phi) is 4.58. The van der Waals surface area contributed by atoms with Crippen molar-refractivity contribution >= 4 is 38.3 Å². The molecule has 0 saturated heterocycles. The van der Waals surface area contributed by atoms with Crippen molar-refractivity contribution in [1.29, 1.82) is 0 Å². The van der Waals surface area contributed by atoms with E-state index in [0.29, 0.717) is 6.61 Å². The quantitative estimate of drug-likeness (QED) is 0.661. The molecular formula is C16H15ClN2OS. The molecule has 0 fully saturated rings. The Hall–Kier alpha value is -1.78. The fourth-order valence-electron chi connectivity index (χ4n) is 1.95. The van der Waals surface area contributed by atoms with Crippen LogP contribution in [0.15, 0.2) is 48.5 Å². The SMILES string of the molecule is Clc1ccc2sc(NCCCOc3ccccc3)nc2c1. The molecule has 5 heteroatoms. The topological polar surface area (TPSA) is 34.1 Å². The minimum Gasteiger partial charge on any atom is -0.494 e. The van der Waals surface area contributed by atoms with E-state index in [0.717, 1.165) is 39.1 Å². The van der Waals surface area contributed by atoms with E-state index in [9.17, 15) is 0 Å². The van der Waals surface area contributed by atoms with Gasteiger partial charge in [-0.15, -0.1) is 0 Å². The molecule has 0 aliphatic carbocycles. The highest BCUT2D eigenvalue weighted by Crippen LogP contribution is 2.27. The molecule has 0 aliphatic rings. The van der Waals surface area contributed by atoms with Crippen LogP contribution < -0.4 is 10.1 Å². The first kappa shape index (κ1) is 14.2. The lowest BCUT2D eigenvalue weighted by Gasteiger charge is -2.06. The van der Waals surface area contributed by atoms with Crippen molar-refractivity contribution < 1.29 is 4.74 Å². The molecule has 0 unspecified atom stereocenters. The van der Waals surface area contributed by atoms with E-state index in [-0.39, 0.29) is 0 Å². The highest BCUT2D eigenvalue weighted by atomic mass is 35.5. The molecule has 1 aromatic heterocycles. The summed E-state index contributed by atoms with van der Waals surface area (Å²) in [7, 11) is 0. The first-order chi connectivity index (χ1) is 10.3. The molecule has 0 radical (unpaired) electrons. The summed E-state index contributed by atoms with van der Waals surface area (Å²) in [5.41, 5.74) is 0.940. The van der Waals surface area contributed by atoms with Crippen LogP contribution in [0.5, 0.6) is 5.75 Å². The maximum absolute atomic E-state index is 5.96. The van der Waals surface area contributed by atoms with Gasteiger partial charge in [-0.2, -0.15) is 0 Å². The summed E-state index contributed by atoms with van der Waals surface area (Å²) in [4.78, 5) is 4.51. The van der Waals surface area contributed by atoms with Crippen molar-refractivity contribution in [2.75, 3.05) is 18.5 Å². The van der Waals surface area contributed by atoms with Gasteiger partial charge in [-0.1, -0.05) is 41.1 Å². The predicted molar refractivity (Wildman–Crippen MR) is 89.7 cm³/mol. The van der Waals surface area contributed by atoms with Gasteiger partial charge in [-0.05, 0) is 36.8 Å². The molecular weight excluding hydrogens is 304 g/mol. The summed E-state index contributed by atoms with van der Waals surface area (Å²) in [6, 6.07) is 15.6. The van der Waals surface area contributed by atoms with Crippen molar-refractivity contribution in [2.45, 2.75) is 6.42 Å². The number of benzene rings is 2. The fraction of sp³-hybridized carbons (Fsp3) is 0.188. The highest BCUT2D eigenvalue weighted by Gasteiger charge is 2.03. The highest BCUT2D eigenvalue weighted by molar-refractivity contribution is 7.22. The summed E-state index contributed by atoms with van der Waals surface area (Å²) < 4.78 is 6.79. The number of ether oxygens (including phenoxy) is 1. The molecule has 0 saturated carbocycles. The zero-order valence-electron chi connectivity index (χ0n) is 11.4. The second-order valence-electron chi connectivity index (χ2n) is 4.57. The Morgan fingerprint density at radius 2 is 2.00 bits per heavy atom. The van der Waals surface area contributed by atoms with Crippen molar-refractivity contribution in [3.8, 4) is 5.75 Å². The summed E-state index contributed by atoms with van der Waals surface area (Å²) >= 11 is 7.60. The van der Waals surface area contributed by atoms with Gasteiger partial charge in [0.05, 0.1) is 16.8 Å². The van der Waals surface area contributed by atoms with Crippen LogP contribution in [-0.4, -0.2) is 18.1 Å². The smallest absolute Gasteiger partial charge is 0.183 e. The number of halogens is 1. The van der Waals surface area contributed by atoms with Gasteiger partial charge in [0.1, 0.15) is 5.75 Å². The van der Waals surface area contributed by atoms with Gasteiger partial charge in [0.2, 0.25) is 0 Å². The van der Waals surface area contributed by atoms with Gasteiger partial charge < -0.3 is 10.1 Å². The third kappa shape index (κ3) is 3.86. The number of nitrogens with one attached hydrogen (secondary N) is 1. The number of hydrogen-bond acceptors (Lipinski definition) is 4. The summed E-state index contributed by atoms with van der Waals surface area (Å²) in [5.74, 6) is 0.909. The van der Waals surface area contributed by atoms with Crippen molar-refractivity contribution in [2.24, 2.45) is 0 Å². The monoisotopic (exact) mass is 318 g/mol. The molecule has 1 N–H and O–H groups in total. The van der Waals surface area contributed by atoms with Crippen LogP contribution in [0, 0.1) is 0 Å². The van der Waals surface area contributed by atoms with E-state index < -0.39 is 0 Å². The lowest BCUT2D eigenvalue weighted by Crippen LogP contribution is -2.06. The van der Waals surface area contributed by atoms with Crippen LogP contribution in [0.25, 0.3) is 10.2 Å². The Morgan fingerprint density at radius 3 is 2.86 bits per heavy atom. The number of rotatable bonds is 6. The second kappa shape index (κ2) is 6.78. The molecule has 2 aromatic carbocycles. The van der Waals surface area contributed by atoms with Crippen LogP contribution >= 0.6 is 22.9 Å². The van der Waals surface area contributed by atoms with E-state index in [1.807, 2.05) is 48.5 Å². The van der Waals surface area contributed by atoms with E-state index in [4.69, 9.17) is 16.3 Å². The molecule has 0 spiro atoms. The van der Waals surface area contributed by atoms with Crippen molar-refractivity contribution in [3.05, 3.63) is 53.6 Å². The average molecular weight is 319 g/mol.